The number of para-hydroxylation sites is 1. The second-order valence-corrected chi connectivity index (χ2v) is 7.05. The molecule has 2 aromatic heterocycles. The Morgan fingerprint density at radius 2 is 1.67 bits per heavy atom. The summed E-state index contributed by atoms with van der Waals surface area (Å²) < 4.78 is 0. The van der Waals surface area contributed by atoms with Crippen LogP contribution in [-0.2, 0) is 6.54 Å². The normalized spacial score (nSPS) is 10.6. The maximum Gasteiger partial charge on any atom is 0.268 e. The first kappa shape index (κ1) is 19.4. The molecule has 4 aromatic rings. The average molecular weight is 397 g/mol. The second kappa shape index (κ2) is 8.61. The fourth-order valence-corrected chi connectivity index (χ4v) is 3.44. The van der Waals surface area contributed by atoms with Crippen molar-refractivity contribution in [3.8, 4) is 11.3 Å². The molecule has 30 heavy (non-hydrogen) atoms. The highest BCUT2D eigenvalue weighted by atomic mass is 16.1. The van der Waals surface area contributed by atoms with Gasteiger partial charge in [0, 0.05) is 29.7 Å². The molecule has 0 fully saturated rings. The zero-order valence-electron chi connectivity index (χ0n) is 16.9. The molecular formula is C24H23N5O. The van der Waals surface area contributed by atoms with Crippen LogP contribution in [0.3, 0.4) is 0 Å². The maximum absolute atomic E-state index is 12.8. The summed E-state index contributed by atoms with van der Waals surface area (Å²) in [6.07, 6.45) is 1.72. The minimum Gasteiger partial charge on any atom is -0.354 e. The summed E-state index contributed by atoms with van der Waals surface area (Å²) in [5.74, 6) is 0.371. The lowest BCUT2D eigenvalue weighted by molar-refractivity contribution is 0.0946. The topological polar surface area (TPSA) is 82.7 Å². The van der Waals surface area contributed by atoms with Gasteiger partial charge in [-0.2, -0.15) is 0 Å². The van der Waals surface area contributed by atoms with E-state index in [-0.39, 0.29) is 5.91 Å². The number of anilines is 2. The fourth-order valence-electron chi connectivity index (χ4n) is 3.44. The summed E-state index contributed by atoms with van der Waals surface area (Å²) in [4.78, 5) is 24.9. The molecule has 0 saturated carbocycles. The summed E-state index contributed by atoms with van der Waals surface area (Å²) >= 11 is 0. The molecule has 1 amide bonds. The van der Waals surface area contributed by atoms with Gasteiger partial charge in [0.2, 0.25) is 5.95 Å². The zero-order valence-corrected chi connectivity index (χ0v) is 16.9. The number of nitrogens with zero attached hydrogens (tertiary/aromatic N) is 2. The molecule has 0 radical (unpaired) electrons. The molecule has 0 saturated heterocycles. The van der Waals surface area contributed by atoms with Gasteiger partial charge >= 0.3 is 0 Å². The fraction of sp³-hybridized carbons (Fsp3) is 0.125. The van der Waals surface area contributed by atoms with E-state index >= 15 is 0 Å². The molecule has 0 unspecified atom stereocenters. The van der Waals surface area contributed by atoms with Crippen LogP contribution in [0, 0.1) is 13.8 Å². The first-order valence-corrected chi connectivity index (χ1v) is 9.78. The van der Waals surface area contributed by atoms with E-state index in [1.54, 1.807) is 6.20 Å². The van der Waals surface area contributed by atoms with E-state index in [1.807, 2.05) is 80.6 Å². The standard InChI is InChI=1S/C24H23N5O/c1-16-21(20-13-14-25-24(29-20)28-19-11-7-4-8-12-19)17(2)27-22(16)23(30)26-15-18-9-5-3-6-10-18/h3-14,27H,15H2,1-2H3,(H,26,30)(H,25,28,29). The maximum atomic E-state index is 12.8. The predicted molar refractivity (Wildman–Crippen MR) is 119 cm³/mol. The third kappa shape index (κ3) is 4.22. The van der Waals surface area contributed by atoms with Crippen molar-refractivity contribution in [1.29, 1.82) is 0 Å². The average Bonchev–Trinajstić information content (AvgIpc) is 3.07. The molecule has 150 valence electrons. The lowest BCUT2D eigenvalue weighted by atomic mass is 10.1. The molecule has 3 N–H and O–H groups in total. The van der Waals surface area contributed by atoms with Crippen molar-refractivity contribution in [2.24, 2.45) is 0 Å². The Hall–Kier alpha value is -3.93. The third-order valence-corrected chi connectivity index (χ3v) is 4.90. The Bertz CT molecular complexity index is 1150. The van der Waals surface area contributed by atoms with Crippen molar-refractivity contribution in [3.63, 3.8) is 0 Å². The van der Waals surface area contributed by atoms with Gasteiger partial charge in [0.05, 0.1) is 5.69 Å². The van der Waals surface area contributed by atoms with E-state index in [1.165, 1.54) is 0 Å². The van der Waals surface area contributed by atoms with Crippen LogP contribution < -0.4 is 10.6 Å². The number of aromatic nitrogens is 3. The molecule has 0 aliphatic carbocycles. The summed E-state index contributed by atoms with van der Waals surface area (Å²) in [7, 11) is 0. The van der Waals surface area contributed by atoms with Crippen molar-refractivity contribution >= 4 is 17.5 Å². The van der Waals surface area contributed by atoms with E-state index in [0.717, 1.165) is 33.8 Å². The number of nitrogens with one attached hydrogen (secondary N) is 3. The van der Waals surface area contributed by atoms with Crippen LogP contribution in [0.5, 0.6) is 0 Å². The lowest BCUT2D eigenvalue weighted by Gasteiger charge is -2.08. The van der Waals surface area contributed by atoms with Gasteiger partial charge < -0.3 is 15.6 Å². The highest BCUT2D eigenvalue weighted by molar-refractivity contribution is 5.96. The molecule has 6 nitrogen and oxygen atoms in total. The van der Waals surface area contributed by atoms with Gasteiger partial charge in [-0.05, 0) is 43.2 Å². The van der Waals surface area contributed by atoms with E-state index in [2.05, 4.69) is 25.6 Å². The number of amides is 1. The van der Waals surface area contributed by atoms with E-state index in [0.29, 0.717) is 18.2 Å². The number of hydrogen-bond donors (Lipinski definition) is 3. The van der Waals surface area contributed by atoms with Crippen LogP contribution in [0.25, 0.3) is 11.3 Å². The molecule has 4 rings (SSSR count). The molecule has 0 spiro atoms. The van der Waals surface area contributed by atoms with Crippen molar-refractivity contribution < 1.29 is 4.79 Å². The molecule has 2 aromatic carbocycles. The summed E-state index contributed by atoms with van der Waals surface area (Å²) in [6, 6.07) is 21.5. The minimum absolute atomic E-state index is 0.137. The van der Waals surface area contributed by atoms with E-state index in [9.17, 15) is 4.79 Å². The first-order chi connectivity index (χ1) is 14.6. The number of hydrogen-bond acceptors (Lipinski definition) is 4. The predicted octanol–water partition coefficient (Wildman–Crippen LogP) is 4.76. The van der Waals surface area contributed by atoms with Crippen LogP contribution in [0.2, 0.25) is 0 Å². The van der Waals surface area contributed by atoms with Gasteiger partial charge in [0.25, 0.3) is 5.91 Å². The van der Waals surface area contributed by atoms with Crippen molar-refractivity contribution in [3.05, 3.63) is 95.4 Å². The number of carbonyl (C=O) groups excluding carboxylic acids is 1. The SMILES string of the molecule is Cc1[nH]c(C(=O)NCc2ccccc2)c(C)c1-c1ccnc(Nc2ccccc2)n1. The highest BCUT2D eigenvalue weighted by Gasteiger charge is 2.19. The Morgan fingerprint density at radius 1 is 0.967 bits per heavy atom. The Kier molecular flexibility index (Phi) is 5.57. The largest absolute Gasteiger partial charge is 0.354 e. The number of H-pyrrole nitrogens is 1. The quantitative estimate of drug-likeness (QED) is 0.438. The van der Waals surface area contributed by atoms with Crippen LogP contribution in [0.15, 0.2) is 72.9 Å². The Morgan fingerprint density at radius 3 is 2.40 bits per heavy atom. The highest BCUT2D eigenvalue weighted by Crippen LogP contribution is 2.29. The first-order valence-electron chi connectivity index (χ1n) is 9.78. The van der Waals surface area contributed by atoms with E-state index in [4.69, 9.17) is 0 Å². The van der Waals surface area contributed by atoms with Crippen LogP contribution in [0.1, 0.15) is 27.3 Å². The number of benzene rings is 2. The van der Waals surface area contributed by atoms with Gasteiger partial charge in [-0.3, -0.25) is 4.79 Å². The monoisotopic (exact) mass is 397 g/mol. The number of aromatic amines is 1. The van der Waals surface area contributed by atoms with Crippen LogP contribution >= 0.6 is 0 Å². The molecule has 0 atom stereocenters. The molecule has 0 aliphatic heterocycles. The van der Waals surface area contributed by atoms with Crippen LogP contribution in [0.4, 0.5) is 11.6 Å². The molecule has 0 bridgehead atoms. The summed E-state index contributed by atoms with van der Waals surface area (Å²) in [6.45, 7) is 4.36. The molecule has 6 heteroatoms. The van der Waals surface area contributed by atoms with Gasteiger partial charge in [-0.1, -0.05) is 48.5 Å². The number of aryl methyl sites for hydroxylation is 1. The molecule has 0 aliphatic rings. The Labute approximate surface area is 175 Å². The minimum atomic E-state index is -0.137. The summed E-state index contributed by atoms with van der Waals surface area (Å²) in [5.41, 5.74) is 5.95. The Balaban J connectivity index is 1.56. The second-order valence-electron chi connectivity index (χ2n) is 7.05. The van der Waals surface area contributed by atoms with Crippen LogP contribution in [-0.4, -0.2) is 20.9 Å². The van der Waals surface area contributed by atoms with Crippen molar-refractivity contribution in [2.75, 3.05) is 5.32 Å². The lowest BCUT2D eigenvalue weighted by Crippen LogP contribution is -2.23. The van der Waals surface area contributed by atoms with Gasteiger partial charge in [-0.25, -0.2) is 9.97 Å². The number of rotatable bonds is 6. The van der Waals surface area contributed by atoms with Gasteiger partial charge in [-0.15, -0.1) is 0 Å². The smallest absolute Gasteiger partial charge is 0.268 e. The summed E-state index contributed by atoms with van der Waals surface area (Å²) in [5, 5.41) is 6.19. The van der Waals surface area contributed by atoms with Crippen molar-refractivity contribution in [1.82, 2.24) is 20.3 Å². The third-order valence-electron chi connectivity index (χ3n) is 4.90. The molecular weight excluding hydrogens is 374 g/mol. The van der Waals surface area contributed by atoms with Crippen molar-refractivity contribution in [2.45, 2.75) is 20.4 Å². The van der Waals surface area contributed by atoms with Gasteiger partial charge in [0.1, 0.15) is 5.69 Å². The van der Waals surface area contributed by atoms with Gasteiger partial charge in [0.15, 0.2) is 0 Å². The molecule has 2 heterocycles. The number of carbonyl (C=O) groups is 1. The zero-order chi connectivity index (χ0) is 20.9. The van der Waals surface area contributed by atoms with E-state index < -0.39 is 0 Å².